The van der Waals surface area contributed by atoms with Crippen molar-refractivity contribution < 1.29 is 10.2 Å². The van der Waals surface area contributed by atoms with Gasteiger partial charge in [-0.05, 0) is 30.5 Å². The molecule has 108 valence electrons. The van der Waals surface area contributed by atoms with Crippen LogP contribution in [0, 0.1) is 5.92 Å². The molecule has 19 heavy (non-hydrogen) atoms. The second kappa shape index (κ2) is 8.08. The van der Waals surface area contributed by atoms with Gasteiger partial charge in [0.1, 0.15) is 0 Å². The minimum atomic E-state index is -0.738. The molecule has 0 fully saturated rings. The smallest absolute Gasteiger partial charge is 0.0929 e. The van der Waals surface area contributed by atoms with Crippen LogP contribution >= 0.6 is 23.2 Å². The Hall–Kier alpha value is -0.320. The van der Waals surface area contributed by atoms with Crippen molar-refractivity contribution in [3.63, 3.8) is 0 Å². The first-order valence-corrected chi connectivity index (χ1v) is 7.17. The van der Waals surface area contributed by atoms with E-state index in [1.807, 2.05) is 0 Å². The summed E-state index contributed by atoms with van der Waals surface area (Å²) in [6.07, 6.45) is -0.402. The summed E-state index contributed by atoms with van der Waals surface area (Å²) < 4.78 is 0. The van der Waals surface area contributed by atoms with Crippen molar-refractivity contribution in [2.75, 3.05) is 13.1 Å². The molecule has 0 aliphatic carbocycles. The van der Waals surface area contributed by atoms with E-state index in [2.05, 4.69) is 19.2 Å². The summed E-state index contributed by atoms with van der Waals surface area (Å²) in [6.45, 7) is 4.90. The predicted molar refractivity (Wildman–Crippen MR) is 79.8 cm³/mol. The Morgan fingerprint density at radius 1 is 1.16 bits per heavy atom. The van der Waals surface area contributed by atoms with Gasteiger partial charge in [0.2, 0.25) is 0 Å². The van der Waals surface area contributed by atoms with E-state index in [4.69, 9.17) is 23.2 Å². The average molecular weight is 306 g/mol. The van der Waals surface area contributed by atoms with E-state index >= 15 is 0 Å². The van der Waals surface area contributed by atoms with Gasteiger partial charge in [-0.1, -0.05) is 37.0 Å². The number of hydrogen-bond acceptors (Lipinski definition) is 3. The number of aliphatic hydroxyl groups excluding tert-OH is 2. The van der Waals surface area contributed by atoms with E-state index in [0.717, 1.165) is 6.42 Å². The third kappa shape index (κ3) is 6.11. The zero-order valence-electron chi connectivity index (χ0n) is 11.2. The minimum absolute atomic E-state index is 0.329. The normalized spacial score (nSPS) is 14.7. The van der Waals surface area contributed by atoms with Gasteiger partial charge >= 0.3 is 0 Å². The van der Waals surface area contributed by atoms with Crippen LogP contribution in [0.1, 0.15) is 31.9 Å². The van der Waals surface area contributed by atoms with Gasteiger partial charge in [-0.15, -0.1) is 0 Å². The van der Waals surface area contributed by atoms with Crippen molar-refractivity contribution >= 4 is 23.2 Å². The van der Waals surface area contributed by atoms with Crippen molar-refractivity contribution in [1.82, 2.24) is 5.32 Å². The van der Waals surface area contributed by atoms with Crippen LogP contribution in [0.3, 0.4) is 0 Å². The Bertz CT molecular complexity index is 399. The van der Waals surface area contributed by atoms with Gasteiger partial charge in [0.15, 0.2) is 0 Å². The van der Waals surface area contributed by atoms with Gasteiger partial charge in [-0.3, -0.25) is 0 Å². The molecular weight excluding hydrogens is 285 g/mol. The molecule has 0 heterocycles. The Labute approximate surface area is 124 Å². The molecule has 0 saturated carbocycles. The maximum Gasteiger partial charge on any atom is 0.0929 e. The highest BCUT2D eigenvalue weighted by molar-refractivity contribution is 6.33. The summed E-state index contributed by atoms with van der Waals surface area (Å²) in [4.78, 5) is 0. The summed E-state index contributed by atoms with van der Waals surface area (Å²) >= 11 is 11.9. The van der Waals surface area contributed by atoms with Gasteiger partial charge in [0.25, 0.3) is 0 Å². The molecule has 1 aromatic carbocycles. The number of hydrogen-bond donors (Lipinski definition) is 3. The molecule has 0 saturated heterocycles. The molecule has 0 aromatic heterocycles. The maximum atomic E-state index is 10.0. The summed E-state index contributed by atoms with van der Waals surface area (Å²) in [5.41, 5.74) is 0.597. The van der Waals surface area contributed by atoms with Crippen molar-refractivity contribution in [3.8, 4) is 0 Å². The molecule has 3 N–H and O–H groups in total. The van der Waals surface area contributed by atoms with Crippen LogP contribution in [0.15, 0.2) is 18.2 Å². The summed E-state index contributed by atoms with van der Waals surface area (Å²) in [5.74, 6) is 0.448. The van der Waals surface area contributed by atoms with Crippen LogP contribution in [0.25, 0.3) is 0 Å². The van der Waals surface area contributed by atoms with Gasteiger partial charge < -0.3 is 15.5 Å². The monoisotopic (exact) mass is 305 g/mol. The van der Waals surface area contributed by atoms with Crippen molar-refractivity contribution in [2.45, 2.75) is 32.5 Å². The van der Waals surface area contributed by atoms with Crippen LogP contribution in [-0.4, -0.2) is 29.4 Å². The SMILES string of the molecule is CC(C)CC(O)CNCC(O)c1cc(Cl)ccc1Cl. The first-order chi connectivity index (χ1) is 8.90. The molecule has 3 nitrogen and oxygen atoms in total. The number of nitrogens with one attached hydrogen (secondary N) is 1. The fourth-order valence-corrected chi connectivity index (χ4v) is 2.32. The molecule has 0 spiro atoms. The second-order valence-electron chi connectivity index (χ2n) is 5.12. The predicted octanol–water partition coefficient (Wildman–Crippen LogP) is 3.02. The Morgan fingerprint density at radius 3 is 2.47 bits per heavy atom. The van der Waals surface area contributed by atoms with Gasteiger partial charge in [-0.2, -0.15) is 0 Å². The lowest BCUT2D eigenvalue weighted by atomic mass is 10.1. The number of benzene rings is 1. The van der Waals surface area contributed by atoms with Crippen molar-refractivity contribution in [2.24, 2.45) is 5.92 Å². The topological polar surface area (TPSA) is 52.5 Å². The highest BCUT2D eigenvalue weighted by Crippen LogP contribution is 2.25. The first kappa shape index (κ1) is 16.7. The molecule has 2 atom stereocenters. The molecular formula is C14H21Cl2NO2. The van der Waals surface area contributed by atoms with Crippen LogP contribution in [0.4, 0.5) is 0 Å². The molecule has 2 unspecified atom stereocenters. The number of rotatable bonds is 7. The third-order valence-corrected chi connectivity index (χ3v) is 3.36. The van der Waals surface area contributed by atoms with Crippen LogP contribution in [0.2, 0.25) is 10.0 Å². The highest BCUT2D eigenvalue weighted by Gasteiger charge is 2.13. The van der Waals surface area contributed by atoms with Crippen molar-refractivity contribution in [3.05, 3.63) is 33.8 Å². The maximum absolute atomic E-state index is 10.0. The zero-order valence-corrected chi connectivity index (χ0v) is 12.7. The largest absolute Gasteiger partial charge is 0.392 e. The van der Waals surface area contributed by atoms with Gasteiger partial charge in [0, 0.05) is 28.7 Å². The van der Waals surface area contributed by atoms with Crippen LogP contribution in [0.5, 0.6) is 0 Å². The van der Waals surface area contributed by atoms with E-state index in [1.165, 1.54) is 0 Å². The Balaban J connectivity index is 2.43. The first-order valence-electron chi connectivity index (χ1n) is 6.42. The van der Waals surface area contributed by atoms with E-state index in [1.54, 1.807) is 18.2 Å². The molecule has 1 aromatic rings. The lowest BCUT2D eigenvalue weighted by Gasteiger charge is -2.17. The van der Waals surface area contributed by atoms with E-state index in [0.29, 0.717) is 34.6 Å². The third-order valence-electron chi connectivity index (χ3n) is 2.78. The standard InChI is InChI=1S/C14H21Cl2NO2/c1-9(2)5-11(18)7-17-8-14(19)12-6-10(15)3-4-13(12)16/h3-4,6,9,11,14,17-19H,5,7-8H2,1-2H3. The lowest BCUT2D eigenvalue weighted by Crippen LogP contribution is -2.31. The Morgan fingerprint density at radius 2 is 1.84 bits per heavy atom. The van der Waals surface area contributed by atoms with E-state index in [9.17, 15) is 10.2 Å². The number of aliphatic hydroxyl groups is 2. The summed E-state index contributed by atoms with van der Waals surface area (Å²) in [7, 11) is 0. The molecule has 0 aliphatic heterocycles. The number of halogens is 2. The molecule has 0 radical (unpaired) electrons. The molecule has 0 bridgehead atoms. The van der Waals surface area contributed by atoms with E-state index < -0.39 is 12.2 Å². The molecule has 1 rings (SSSR count). The molecule has 0 aliphatic rings. The van der Waals surface area contributed by atoms with E-state index in [-0.39, 0.29) is 0 Å². The fourth-order valence-electron chi connectivity index (χ4n) is 1.89. The van der Waals surface area contributed by atoms with Gasteiger partial charge in [0.05, 0.1) is 12.2 Å². The fraction of sp³-hybridized carbons (Fsp3) is 0.571. The second-order valence-corrected chi connectivity index (χ2v) is 5.97. The molecule has 0 amide bonds. The Kier molecular flexibility index (Phi) is 7.11. The minimum Gasteiger partial charge on any atom is -0.392 e. The van der Waals surface area contributed by atoms with Crippen LogP contribution in [-0.2, 0) is 0 Å². The van der Waals surface area contributed by atoms with Crippen LogP contribution < -0.4 is 5.32 Å². The molecule has 5 heteroatoms. The quantitative estimate of drug-likeness (QED) is 0.726. The summed E-state index contributed by atoms with van der Waals surface area (Å²) in [5, 5.41) is 23.8. The van der Waals surface area contributed by atoms with Gasteiger partial charge in [-0.25, -0.2) is 0 Å². The van der Waals surface area contributed by atoms with Crippen molar-refractivity contribution in [1.29, 1.82) is 0 Å². The highest BCUT2D eigenvalue weighted by atomic mass is 35.5. The zero-order chi connectivity index (χ0) is 14.4. The lowest BCUT2D eigenvalue weighted by molar-refractivity contribution is 0.131. The summed E-state index contributed by atoms with van der Waals surface area (Å²) in [6, 6.07) is 5.00. The average Bonchev–Trinajstić information content (AvgIpc) is 2.31.